The van der Waals surface area contributed by atoms with Crippen molar-refractivity contribution in [2.45, 2.75) is 39.4 Å². The van der Waals surface area contributed by atoms with E-state index in [0.717, 1.165) is 51.8 Å². The van der Waals surface area contributed by atoms with Crippen LogP contribution in [-0.2, 0) is 17.8 Å². The summed E-state index contributed by atoms with van der Waals surface area (Å²) < 4.78 is 5.41. The van der Waals surface area contributed by atoms with E-state index >= 15 is 0 Å². The van der Waals surface area contributed by atoms with Gasteiger partial charge in [-0.3, -0.25) is 9.89 Å². The van der Waals surface area contributed by atoms with E-state index in [1.165, 1.54) is 11.1 Å². The van der Waals surface area contributed by atoms with Crippen LogP contribution in [0.3, 0.4) is 0 Å². The number of morpholine rings is 1. The highest BCUT2D eigenvalue weighted by molar-refractivity contribution is 14.0. The lowest BCUT2D eigenvalue weighted by atomic mass is 10.1. The van der Waals surface area contributed by atoms with Crippen molar-refractivity contribution < 1.29 is 4.74 Å². The first-order valence-corrected chi connectivity index (χ1v) is 8.56. The molecule has 0 saturated carbocycles. The molecule has 0 aliphatic carbocycles. The Balaban J connectivity index is 0.00000288. The summed E-state index contributed by atoms with van der Waals surface area (Å²) >= 11 is 0. The van der Waals surface area contributed by atoms with E-state index in [2.05, 4.69) is 58.6 Å². The molecule has 136 valence electrons. The lowest BCUT2D eigenvalue weighted by molar-refractivity contribution is 0.0342. The fourth-order valence-electron chi connectivity index (χ4n) is 2.57. The molecule has 1 saturated heterocycles. The van der Waals surface area contributed by atoms with Crippen LogP contribution in [0.15, 0.2) is 29.3 Å². The number of nitrogens with zero attached hydrogens (tertiary/aromatic N) is 2. The second kappa shape index (κ2) is 11.7. The van der Waals surface area contributed by atoms with Crippen molar-refractivity contribution in [2.24, 2.45) is 4.99 Å². The summed E-state index contributed by atoms with van der Waals surface area (Å²) in [5.41, 5.74) is 2.64. The molecule has 5 nitrogen and oxygen atoms in total. The molecule has 1 atom stereocenters. The molecule has 1 aliphatic heterocycles. The quantitative estimate of drug-likeness (QED) is 0.401. The first kappa shape index (κ1) is 21.2. The van der Waals surface area contributed by atoms with Crippen LogP contribution in [0, 0.1) is 0 Å². The smallest absolute Gasteiger partial charge is 0.191 e. The van der Waals surface area contributed by atoms with Gasteiger partial charge in [-0.15, -0.1) is 24.0 Å². The molecule has 1 heterocycles. The van der Waals surface area contributed by atoms with Crippen molar-refractivity contribution in [3.63, 3.8) is 0 Å². The maximum absolute atomic E-state index is 5.41. The average molecular weight is 446 g/mol. The van der Waals surface area contributed by atoms with Gasteiger partial charge in [-0.05, 0) is 24.5 Å². The predicted octanol–water partition coefficient (Wildman–Crippen LogP) is 2.60. The van der Waals surface area contributed by atoms with E-state index in [-0.39, 0.29) is 24.0 Å². The van der Waals surface area contributed by atoms with E-state index in [0.29, 0.717) is 6.04 Å². The molecule has 2 rings (SSSR count). The summed E-state index contributed by atoms with van der Waals surface area (Å²) in [5, 5.41) is 6.77. The Kier molecular flexibility index (Phi) is 10.3. The van der Waals surface area contributed by atoms with Gasteiger partial charge in [0.2, 0.25) is 0 Å². The Labute approximate surface area is 163 Å². The number of hydrogen-bond donors (Lipinski definition) is 2. The molecule has 0 bridgehead atoms. The van der Waals surface area contributed by atoms with Crippen LogP contribution in [0.2, 0.25) is 0 Å². The van der Waals surface area contributed by atoms with Gasteiger partial charge in [0.1, 0.15) is 0 Å². The highest BCUT2D eigenvalue weighted by atomic mass is 127. The zero-order valence-electron chi connectivity index (χ0n) is 15.0. The third-order valence-corrected chi connectivity index (χ3v) is 4.18. The van der Waals surface area contributed by atoms with Gasteiger partial charge in [-0.25, -0.2) is 0 Å². The molecule has 0 amide bonds. The van der Waals surface area contributed by atoms with Crippen LogP contribution < -0.4 is 10.6 Å². The van der Waals surface area contributed by atoms with Crippen LogP contribution in [-0.4, -0.2) is 50.3 Å². The highest BCUT2D eigenvalue weighted by Crippen LogP contribution is 2.10. The van der Waals surface area contributed by atoms with E-state index in [4.69, 9.17) is 4.74 Å². The van der Waals surface area contributed by atoms with Crippen molar-refractivity contribution in [3.8, 4) is 0 Å². The van der Waals surface area contributed by atoms with Crippen molar-refractivity contribution in [1.82, 2.24) is 15.5 Å². The van der Waals surface area contributed by atoms with Crippen LogP contribution in [0.1, 0.15) is 31.4 Å². The molecule has 1 aliphatic rings. The second-order valence-corrected chi connectivity index (χ2v) is 6.09. The molecule has 0 aromatic heterocycles. The Morgan fingerprint density at radius 1 is 1.29 bits per heavy atom. The van der Waals surface area contributed by atoms with Crippen LogP contribution in [0.25, 0.3) is 0 Å². The summed E-state index contributed by atoms with van der Waals surface area (Å²) in [7, 11) is 1.81. The molecule has 1 unspecified atom stereocenters. The zero-order chi connectivity index (χ0) is 16.5. The standard InChI is InChI=1S/C18H30N4O.HI/c1-4-15(2)21-18(19-3)20-13-16-6-5-7-17(12-16)14-22-8-10-23-11-9-22;/h5-7,12,15H,4,8-11,13-14H2,1-3H3,(H2,19,20,21);1H. The number of rotatable bonds is 6. The number of nitrogens with one attached hydrogen (secondary N) is 2. The SMILES string of the molecule is CCC(C)NC(=NC)NCc1cccc(CN2CCOCC2)c1.I. The average Bonchev–Trinajstić information content (AvgIpc) is 2.59. The van der Waals surface area contributed by atoms with Gasteiger partial charge in [-0.2, -0.15) is 0 Å². The van der Waals surface area contributed by atoms with E-state index < -0.39 is 0 Å². The van der Waals surface area contributed by atoms with Gasteiger partial charge < -0.3 is 15.4 Å². The molecule has 0 spiro atoms. The third-order valence-electron chi connectivity index (χ3n) is 4.18. The van der Waals surface area contributed by atoms with Gasteiger partial charge in [-0.1, -0.05) is 31.2 Å². The van der Waals surface area contributed by atoms with Crippen molar-refractivity contribution in [2.75, 3.05) is 33.4 Å². The van der Waals surface area contributed by atoms with Gasteiger partial charge in [0.25, 0.3) is 0 Å². The van der Waals surface area contributed by atoms with Gasteiger partial charge in [0.05, 0.1) is 13.2 Å². The maximum Gasteiger partial charge on any atom is 0.191 e. The lowest BCUT2D eigenvalue weighted by Crippen LogP contribution is -2.41. The summed E-state index contributed by atoms with van der Waals surface area (Å²) in [5.74, 6) is 0.859. The number of aliphatic imine (C=N–C) groups is 1. The predicted molar refractivity (Wildman–Crippen MR) is 111 cm³/mol. The van der Waals surface area contributed by atoms with E-state index in [1.54, 1.807) is 0 Å². The molecule has 1 aromatic carbocycles. The first-order chi connectivity index (χ1) is 11.2. The number of halogens is 1. The number of benzene rings is 1. The molecular formula is C18H31IN4O. The minimum Gasteiger partial charge on any atom is -0.379 e. The minimum atomic E-state index is 0. The molecule has 6 heteroatoms. The van der Waals surface area contributed by atoms with Crippen LogP contribution >= 0.6 is 24.0 Å². The van der Waals surface area contributed by atoms with Crippen molar-refractivity contribution in [3.05, 3.63) is 35.4 Å². The Morgan fingerprint density at radius 2 is 2.00 bits per heavy atom. The maximum atomic E-state index is 5.41. The topological polar surface area (TPSA) is 48.9 Å². The molecular weight excluding hydrogens is 415 g/mol. The summed E-state index contributed by atoms with van der Waals surface area (Å²) in [6, 6.07) is 9.20. The van der Waals surface area contributed by atoms with E-state index in [9.17, 15) is 0 Å². The zero-order valence-corrected chi connectivity index (χ0v) is 17.4. The highest BCUT2D eigenvalue weighted by Gasteiger charge is 2.10. The molecule has 2 N–H and O–H groups in total. The number of hydrogen-bond acceptors (Lipinski definition) is 3. The summed E-state index contributed by atoms with van der Waals surface area (Å²) in [6.07, 6.45) is 1.08. The molecule has 1 fully saturated rings. The summed E-state index contributed by atoms with van der Waals surface area (Å²) in [6.45, 7) is 9.85. The third kappa shape index (κ3) is 7.36. The van der Waals surface area contributed by atoms with Gasteiger partial charge in [0.15, 0.2) is 5.96 Å². The minimum absolute atomic E-state index is 0. The van der Waals surface area contributed by atoms with Crippen molar-refractivity contribution >= 4 is 29.9 Å². The Bertz CT molecular complexity index is 504. The fraction of sp³-hybridized carbons (Fsp3) is 0.611. The van der Waals surface area contributed by atoms with Crippen molar-refractivity contribution in [1.29, 1.82) is 0 Å². The number of guanidine groups is 1. The summed E-state index contributed by atoms with van der Waals surface area (Å²) in [4.78, 5) is 6.72. The fourth-order valence-corrected chi connectivity index (χ4v) is 2.57. The van der Waals surface area contributed by atoms with Crippen LogP contribution in [0.5, 0.6) is 0 Å². The first-order valence-electron chi connectivity index (χ1n) is 8.56. The molecule has 1 aromatic rings. The Hall–Kier alpha value is -0.860. The van der Waals surface area contributed by atoms with Gasteiger partial charge in [0, 0.05) is 39.3 Å². The number of ether oxygens (including phenoxy) is 1. The largest absolute Gasteiger partial charge is 0.379 e. The second-order valence-electron chi connectivity index (χ2n) is 6.09. The molecule has 24 heavy (non-hydrogen) atoms. The molecule has 0 radical (unpaired) electrons. The van der Waals surface area contributed by atoms with E-state index in [1.807, 2.05) is 7.05 Å². The lowest BCUT2D eigenvalue weighted by Gasteiger charge is -2.26. The monoisotopic (exact) mass is 446 g/mol. The van der Waals surface area contributed by atoms with Crippen LogP contribution in [0.4, 0.5) is 0 Å². The Morgan fingerprint density at radius 3 is 2.67 bits per heavy atom. The normalized spacial score (nSPS) is 17.0. The van der Waals surface area contributed by atoms with Gasteiger partial charge >= 0.3 is 0 Å².